The van der Waals surface area contributed by atoms with E-state index in [0.717, 1.165) is 0 Å². The van der Waals surface area contributed by atoms with E-state index in [9.17, 15) is 61.3 Å². The van der Waals surface area contributed by atoms with Gasteiger partial charge in [-0.1, -0.05) is 203 Å². The molecule has 22 rings (SSSR count). The van der Waals surface area contributed by atoms with E-state index in [2.05, 4.69) is 203 Å². The first-order valence-corrected chi connectivity index (χ1v) is 57.1. The van der Waals surface area contributed by atoms with Gasteiger partial charge in [0.25, 0.3) is 0 Å². The lowest BCUT2D eigenvalue weighted by Crippen LogP contribution is -2.69. The second-order valence-electron chi connectivity index (χ2n) is 41.8. The molecule has 0 radical (unpaired) electrons. The average molecular weight is 1560 g/mol. The van der Waals surface area contributed by atoms with E-state index in [1.165, 1.54) is 0 Å². The number of rotatable bonds is 12. The zero-order valence-electron chi connectivity index (χ0n) is 67.8. The minimum absolute atomic E-state index is 0.283. The van der Waals surface area contributed by atoms with E-state index >= 15 is 0 Å². The van der Waals surface area contributed by atoms with Crippen LogP contribution in [-0.4, -0.2) is 294 Å². The Morgan fingerprint density at radius 2 is 0.275 bits per heavy atom. The number of hydrogen-bond donors (Lipinski definition) is 12. The molecule has 22 heterocycles. The molecule has 30 atom stereocenters. The molecule has 22 aliphatic rings. The Kier molecular flexibility index (Phi) is 27.5. The maximum absolute atomic E-state index is 12.7. The van der Waals surface area contributed by atoms with Crippen LogP contribution in [0.25, 0.3) is 0 Å². The van der Waals surface area contributed by atoms with Crippen molar-refractivity contribution in [2.45, 2.75) is 454 Å². The summed E-state index contributed by atoms with van der Waals surface area (Å²) in [6.07, 6.45) is -48.0. The molecule has 22 saturated heterocycles. The average Bonchev–Trinajstić information content (AvgIpc) is 0.762. The van der Waals surface area contributed by atoms with Gasteiger partial charge in [0, 0.05) is 0 Å². The summed E-state index contributed by atoms with van der Waals surface area (Å²) in [5.74, 6) is 0. The molecule has 18 unspecified atom stereocenters. The highest BCUT2D eigenvalue weighted by molar-refractivity contribution is 6.82. The van der Waals surface area contributed by atoms with Crippen LogP contribution in [0, 0.1) is 0 Å². The predicted molar refractivity (Wildman–Crippen MR) is 405 cm³/mol. The molecule has 102 heavy (non-hydrogen) atoms. The van der Waals surface area contributed by atoms with Crippen molar-refractivity contribution in [2.75, 3.05) is 0 Å². The van der Waals surface area contributed by atoms with Gasteiger partial charge in [-0.05, 0) is 66.5 Å². The van der Waals surface area contributed by atoms with E-state index < -0.39 is 233 Å². The van der Waals surface area contributed by atoms with Crippen LogP contribution in [0.5, 0.6) is 0 Å². The van der Waals surface area contributed by atoms with Gasteiger partial charge in [-0.15, -0.1) is 0 Å². The molecule has 0 aliphatic carbocycles. The molecule has 0 spiro atoms. The zero-order valence-corrected chi connectivity index (χ0v) is 73.8. The van der Waals surface area contributed by atoms with Crippen LogP contribution in [0.1, 0.15) is 125 Å². The fourth-order valence-corrected chi connectivity index (χ4v) is 25.6. The van der Waals surface area contributed by atoms with Crippen molar-refractivity contribution in [3.63, 3.8) is 0 Å². The van der Waals surface area contributed by atoms with Gasteiger partial charge in [-0.25, -0.2) is 0 Å². The molecule has 22 fully saturated rings. The van der Waals surface area contributed by atoms with Gasteiger partial charge in [-0.3, -0.25) is 0 Å². The van der Waals surface area contributed by atoms with Crippen LogP contribution in [0.3, 0.4) is 0 Å². The number of ether oxygens (including phenoxy) is 12. The first kappa shape index (κ1) is 89.5. The largest absolute Gasteiger partial charge is 0.387 e. The van der Waals surface area contributed by atoms with Crippen LogP contribution in [0.2, 0.25) is 145 Å². The predicted octanol–water partition coefficient (Wildman–Crippen LogP) is 8.04. The Hall–Kier alpha value is 0.341. The highest BCUT2D eigenvalue weighted by Gasteiger charge is 2.62. The third kappa shape index (κ3) is 19.0. The third-order valence-electron chi connectivity index (χ3n) is 28.0. The molecule has 0 aromatic carbocycles. The normalized spacial score (nSPS) is 42.2. The summed E-state index contributed by atoms with van der Waals surface area (Å²) in [7, 11) is -15.1. The molecule has 12 bridgehead atoms. The zero-order chi connectivity index (χ0) is 78.0. The highest BCUT2D eigenvalue weighted by atomic mass is 28.3. The standard InChI is InChI=1S/C72H144O24Si6/c1-67(2,3)97(19,20)31-37-55-43(73)49(79)61(85-37)92-56-38(32-98(21,22)68(4,5)6)87-63(51(81)45(56)75)94-58-40(34-100(25,26)70(10,11)12)89-65(53(83)47(58)77)96-60-42(36-102(29,30)72(16,17)18)90-66(54(84)48(60)78)95-59-41(35-101(27,28)71(13,14)15)88-64(52(82)46(59)76)93-57-39(33-99(23,24)69(7,8)9)86-62(91-55)50(80)44(57)74/h37-66,73-84H,31-36H2,1-30H3/t37?,38?,39?,40?,41?,42?,43?,44?,45?,46?,47?,48?,49?,50?,51?,52?,53?,54?,55-,56-,57-,58-,59-,60-,61-,62-,63-,64-,65-,66-/m1/s1. The summed E-state index contributed by atoms with van der Waals surface area (Å²) in [4.78, 5) is 0. The van der Waals surface area contributed by atoms with Gasteiger partial charge in [0.1, 0.15) is 110 Å². The lowest BCUT2D eigenvalue weighted by molar-refractivity contribution is -0.397. The highest BCUT2D eigenvalue weighted by Crippen LogP contribution is 2.51. The Balaban J connectivity index is 1.43. The Labute approximate surface area is 617 Å². The van der Waals surface area contributed by atoms with Crippen molar-refractivity contribution in [3.8, 4) is 0 Å². The molecule has 600 valence electrons. The van der Waals surface area contributed by atoms with Crippen LogP contribution < -0.4 is 0 Å². The number of aliphatic hydroxyl groups excluding tert-OH is 12. The van der Waals surface area contributed by atoms with Gasteiger partial charge in [-0.2, -0.15) is 0 Å². The van der Waals surface area contributed by atoms with E-state index in [1.807, 2.05) is 0 Å². The molecule has 12 N–H and O–H groups in total. The summed E-state index contributed by atoms with van der Waals surface area (Å²) in [5.41, 5.74) is 0. The quantitative estimate of drug-likeness (QED) is 0.0822. The van der Waals surface area contributed by atoms with Crippen molar-refractivity contribution < 1.29 is 118 Å². The molecule has 30 heteroatoms. The van der Waals surface area contributed by atoms with E-state index in [-0.39, 0.29) is 66.5 Å². The topological polar surface area (TPSA) is 354 Å². The fourth-order valence-electron chi connectivity index (χ4n) is 13.9. The van der Waals surface area contributed by atoms with Gasteiger partial charge < -0.3 is 118 Å². The summed E-state index contributed by atoms with van der Waals surface area (Å²) in [6.45, 7) is 63.9. The van der Waals surface area contributed by atoms with Crippen molar-refractivity contribution in [1.82, 2.24) is 0 Å². The maximum Gasteiger partial charge on any atom is 0.187 e. The van der Waals surface area contributed by atoms with E-state index in [1.54, 1.807) is 0 Å². The van der Waals surface area contributed by atoms with Crippen LogP contribution in [-0.2, 0) is 56.8 Å². The van der Waals surface area contributed by atoms with Crippen molar-refractivity contribution in [3.05, 3.63) is 0 Å². The molecular formula is C72H144O24Si6. The van der Waals surface area contributed by atoms with Crippen LogP contribution >= 0.6 is 0 Å². The monoisotopic (exact) mass is 1560 g/mol. The minimum Gasteiger partial charge on any atom is -0.387 e. The molecule has 22 aliphatic heterocycles. The number of aliphatic hydroxyl groups is 12. The third-order valence-corrected chi connectivity index (χ3v) is 60.9. The van der Waals surface area contributed by atoms with Gasteiger partial charge >= 0.3 is 0 Å². The Bertz CT molecular complexity index is 2260. The summed E-state index contributed by atoms with van der Waals surface area (Å²) >= 11 is 0. The van der Waals surface area contributed by atoms with Crippen LogP contribution in [0.4, 0.5) is 0 Å². The summed E-state index contributed by atoms with van der Waals surface area (Å²) in [5, 5.41) is 150. The molecule has 0 saturated carbocycles. The van der Waals surface area contributed by atoms with Crippen molar-refractivity contribution in [2.24, 2.45) is 0 Å². The molecule has 0 amide bonds. The van der Waals surface area contributed by atoms with Crippen molar-refractivity contribution in [1.29, 1.82) is 0 Å². The van der Waals surface area contributed by atoms with E-state index in [4.69, 9.17) is 56.8 Å². The molecular weight excluding hydrogens is 1420 g/mol. The van der Waals surface area contributed by atoms with Crippen LogP contribution in [0.15, 0.2) is 0 Å². The fraction of sp³-hybridized carbons (Fsp3) is 1.00. The van der Waals surface area contributed by atoms with Gasteiger partial charge in [0.15, 0.2) is 37.7 Å². The second-order valence-corrected chi connectivity index (χ2v) is 75.8. The maximum atomic E-state index is 12.7. The lowest BCUT2D eigenvalue weighted by atomic mass is 9.95. The first-order chi connectivity index (χ1) is 45.8. The SMILES string of the molecule is CC(C)(C)[Si](C)(C)CC1O[C@@H]2O[C@@H]3C(C[Si](C)(C)C(C)(C)C)O[C@H](O[C@@H]4C(C[Si](C)(C)C(C)(C)C)O[C@H](O[C@@H]5C(C[Si](C)(C)C(C)(C)C)O[C@H](O[C@@H]6C(C[Si](C)(C)C(C)(C)C)O[C@H](O[C@@H]7C(C[Si](C)(C)C(C)(C)C)O[C@H](O[C@H]1C(O)C2O)C(O)C7O)C(O)C6O)C(O)C5O)C(O)C4O)C(O)C3O. The minimum atomic E-state index is -2.51. The Morgan fingerprint density at radius 3 is 0.363 bits per heavy atom. The molecule has 0 aromatic heterocycles. The molecule has 24 nitrogen and oxygen atoms in total. The van der Waals surface area contributed by atoms with Gasteiger partial charge in [0.05, 0.1) is 85.1 Å². The second kappa shape index (κ2) is 31.4. The summed E-state index contributed by atoms with van der Waals surface area (Å²) in [6, 6.07) is 1.72. The van der Waals surface area contributed by atoms with E-state index in [0.29, 0.717) is 0 Å². The Morgan fingerprint density at radius 1 is 0.176 bits per heavy atom. The summed E-state index contributed by atoms with van der Waals surface area (Å²) < 4.78 is 82.2. The number of hydrogen-bond acceptors (Lipinski definition) is 24. The molecule has 0 aromatic rings. The smallest absolute Gasteiger partial charge is 0.187 e. The first-order valence-electron chi connectivity index (χ1n) is 37.8. The van der Waals surface area contributed by atoms with Crippen molar-refractivity contribution >= 4 is 48.4 Å². The van der Waals surface area contributed by atoms with Gasteiger partial charge in [0.2, 0.25) is 0 Å². The lowest BCUT2D eigenvalue weighted by Gasteiger charge is -2.53.